The molecule has 1 aliphatic rings. The van der Waals surface area contributed by atoms with E-state index in [0.717, 1.165) is 0 Å². The average Bonchev–Trinajstić information content (AvgIpc) is 2.72. The highest BCUT2D eigenvalue weighted by Crippen LogP contribution is 2.34. The Morgan fingerprint density at radius 1 is 0.893 bits per heavy atom. The molecule has 28 heavy (non-hydrogen) atoms. The molecule has 0 atom stereocenters. The molecule has 3 aromatic rings. The molecule has 0 spiro atoms. The minimum Gasteiger partial charge on any atom is -0.322 e. The van der Waals surface area contributed by atoms with Gasteiger partial charge in [0.1, 0.15) is 0 Å². The Kier molecular flexibility index (Phi) is 4.10. The lowest BCUT2D eigenvalue weighted by atomic mass is 10.0. The predicted molar refractivity (Wildman–Crippen MR) is 104 cm³/mol. The standard InChI is InChI=1S/C22H13NO4S/c1-2-14-6-5-7-16(12-14)23-22(25)15-10-11-18-20(13-15)28(26,27)19-9-4-3-8-17(19)21(18)24/h1,3-13H,(H,23,25). The Labute approximate surface area is 161 Å². The number of hydrogen-bond donors (Lipinski definition) is 1. The maximum atomic E-state index is 13.0. The van der Waals surface area contributed by atoms with Gasteiger partial charge in [-0.3, -0.25) is 9.59 Å². The molecular formula is C22H13NO4S. The number of fused-ring (bicyclic) bond motifs is 2. The molecule has 0 fully saturated rings. The maximum absolute atomic E-state index is 13.0. The van der Waals surface area contributed by atoms with Crippen molar-refractivity contribution in [3.05, 3.63) is 89.0 Å². The molecule has 0 saturated carbocycles. The first-order valence-corrected chi connectivity index (χ1v) is 9.81. The van der Waals surface area contributed by atoms with E-state index in [1.807, 2.05) is 0 Å². The number of anilines is 1. The van der Waals surface area contributed by atoms with Crippen molar-refractivity contribution in [1.29, 1.82) is 0 Å². The van der Waals surface area contributed by atoms with E-state index in [-0.39, 0.29) is 32.3 Å². The third-order valence-electron chi connectivity index (χ3n) is 4.49. The Hall–Kier alpha value is -3.69. The largest absolute Gasteiger partial charge is 0.322 e. The van der Waals surface area contributed by atoms with E-state index in [1.165, 1.54) is 30.3 Å². The van der Waals surface area contributed by atoms with Gasteiger partial charge in [0.2, 0.25) is 9.84 Å². The molecule has 3 aromatic carbocycles. The quantitative estimate of drug-likeness (QED) is 0.535. The number of carbonyl (C=O) groups excluding carboxylic acids is 2. The maximum Gasteiger partial charge on any atom is 0.255 e. The van der Waals surface area contributed by atoms with Crippen LogP contribution in [0.2, 0.25) is 0 Å². The van der Waals surface area contributed by atoms with Gasteiger partial charge in [-0.15, -0.1) is 6.42 Å². The molecule has 5 nitrogen and oxygen atoms in total. The summed E-state index contributed by atoms with van der Waals surface area (Å²) in [6.07, 6.45) is 5.36. The Morgan fingerprint density at radius 2 is 1.64 bits per heavy atom. The van der Waals surface area contributed by atoms with Gasteiger partial charge in [0.15, 0.2) is 5.78 Å². The number of ketones is 1. The lowest BCUT2D eigenvalue weighted by molar-refractivity contribution is 0.101. The van der Waals surface area contributed by atoms with Crippen LogP contribution < -0.4 is 5.32 Å². The summed E-state index contributed by atoms with van der Waals surface area (Å²) in [5, 5.41) is 2.68. The van der Waals surface area contributed by atoms with Crippen LogP contribution in [0, 0.1) is 12.3 Å². The molecule has 1 amide bonds. The zero-order valence-corrected chi connectivity index (χ0v) is 15.3. The average molecular weight is 387 g/mol. The monoisotopic (exact) mass is 387 g/mol. The van der Waals surface area contributed by atoms with Gasteiger partial charge in [-0.05, 0) is 48.5 Å². The molecule has 1 N–H and O–H groups in total. The molecule has 0 saturated heterocycles. The minimum atomic E-state index is -3.90. The predicted octanol–water partition coefficient (Wildman–Crippen LogP) is 3.30. The normalized spacial score (nSPS) is 13.8. The first-order valence-electron chi connectivity index (χ1n) is 8.33. The summed E-state index contributed by atoms with van der Waals surface area (Å²) in [5.41, 5.74) is 1.42. The molecule has 1 heterocycles. The summed E-state index contributed by atoms with van der Waals surface area (Å²) in [6, 6.07) is 16.8. The smallest absolute Gasteiger partial charge is 0.255 e. The Bertz CT molecular complexity index is 1300. The SMILES string of the molecule is C#Cc1cccc(NC(=O)c2ccc3c(c2)S(=O)(=O)c2ccccc2C3=O)c1. The molecule has 0 unspecified atom stereocenters. The number of rotatable bonds is 2. The van der Waals surface area contributed by atoms with E-state index in [4.69, 9.17) is 6.42 Å². The van der Waals surface area contributed by atoms with Crippen molar-refractivity contribution in [2.45, 2.75) is 9.79 Å². The second-order valence-corrected chi connectivity index (χ2v) is 8.11. The van der Waals surface area contributed by atoms with Gasteiger partial charge in [0, 0.05) is 27.9 Å². The van der Waals surface area contributed by atoms with Crippen molar-refractivity contribution < 1.29 is 18.0 Å². The second kappa shape index (κ2) is 6.48. The summed E-state index contributed by atoms with van der Waals surface area (Å²) in [6.45, 7) is 0. The van der Waals surface area contributed by atoms with Gasteiger partial charge < -0.3 is 5.32 Å². The van der Waals surface area contributed by atoms with E-state index in [9.17, 15) is 18.0 Å². The van der Waals surface area contributed by atoms with Crippen LogP contribution in [0.1, 0.15) is 31.8 Å². The number of carbonyl (C=O) groups is 2. The van der Waals surface area contributed by atoms with Gasteiger partial charge >= 0.3 is 0 Å². The molecule has 0 aromatic heterocycles. The Balaban J connectivity index is 1.75. The van der Waals surface area contributed by atoms with Crippen molar-refractivity contribution in [2.24, 2.45) is 0 Å². The summed E-state index contributed by atoms with van der Waals surface area (Å²) in [7, 11) is -3.90. The highest BCUT2D eigenvalue weighted by Gasteiger charge is 2.35. The first-order chi connectivity index (χ1) is 13.4. The van der Waals surface area contributed by atoms with Gasteiger partial charge in [0.05, 0.1) is 9.79 Å². The lowest BCUT2D eigenvalue weighted by Crippen LogP contribution is -2.21. The Morgan fingerprint density at radius 3 is 2.43 bits per heavy atom. The molecule has 0 radical (unpaired) electrons. The second-order valence-electron chi connectivity index (χ2n) is 6.22. The van der Waals surface area contributed by atoms with E-state index in [2.05, 4.69) is 11.2 Å². The fraction of sp³-hybridized carbons (Fsp3) is 0. The zero-order chi connectivity index (χ0) is 19.9. The van der Waals surface area contributed by atoms with Crippen LogP contribution in [0.5, 0.6) is 0 Å². The lowest BCUT2D eigenvalue weighted by Gasteiger charge is -2.19. The van der Waals surface area contributed by atoms with Crippen LogP contribution in [0.3, 0.4) is 0 Å². The van der Waals surface area contributed by atoms with Crippen LogP contribution >= 0.6 is 0 Å². The highest BCUT2D eigenvalue weighted by atomic mass is 32.2. The third-order valence-corrected chi connectivity index (χ3v) is 6.34. The number of amides is 1. The summed E-state index contributed by atoms with van der Waals surface area (Å²) in [4.78, 5) is 25.0. The van der Waals surface area contributed by atoms with Crippen LogP contribution in [0.4, 0.5) is 5.69 Å². The van der Waals surface area contributed by atoms with Crippen molar-refractivity contribution in [1.82, 2.24) is 0 Å². The molecule has 136 valence electrons. The minimum absolute atomic E-state index is 0.0493. The number of nitrogens with one attached hydrogen (secondary N) is 1. The molecule has 1 aliphatic heterocycles. The van der Waals surface area contributed by atoms with Crippen molar-refractivity contribution in [3.63, 3.8) is 0 Å². The third kappa shape index (κ3) is 2.79. The van der Waals surface area contributed by atoms with Crippen LogP contribution in [-0.2, 0) is 9.84 Å². The summed E-state index contributed by atoms with van der Waals surface area (Å²) < 4.78 is 25.9. The zero-order valence-electron chi connectivity index (χ0n) is 14.5. The van der Waals surface area contributed by atoms with Crippen molar-refractivity contribution >= 4 is 27.2 Å². The van der Waals surface area contributed by atoms with E-state index in [0.29, 0.717) is 11.3 Å². The number of benzene rings is 3. The van der Waals surface area contributed by atoms with Crippen molar-refractivity contribution in [2.75, 3.05) is 5.32 Å². The van der Waals surface area contributed by atoms with E-state index in [1.54, 1.807) is 36.4 Å². The first kappa shape index (κ1) is 17.7. The number of terminal acetylenes is 1. The van der Waals surface area contributed by atoms with Crippen LogP contribution in [-0.4, -0.2) is 20.1 Å². The topological polar surface area (TPSA) is 80.3 Å². The molecule has 4 rings (SSSR count). The van der Waals surface area contributed by atoms with Gasteiger partial charge in [-0.2, -0.15) is 0 Å². The van der Waals surface area contributed by atoms with Gasteiger partial charge in [-0.25, -0.2) is 8.42 Å². The van der Waals surface area contributed by atoms with Crippen molar-refractivity contribution in [3.8, 4) is 12.3 Å². The molecule has 0 aliphatic carbocycles. The van der Waals surface area contributed by atoms with Crippen LogP contribution in [0.15, 0.2) is 76.5 Å². The van der Waals surface area contributed by atoms with Crippen LogP contribution in [0.25, 0.3) is 0 Å². The number of hydrogen-bond acceptors (Lipinski definition) is 4. The summed E-state index contributed by atoms with van der Waals surface area (Å²) in [5.74, 6) is 1.60. The molecule has 0 bridgehead atoms. The fourth-order valence-electron chi connectivity index (χ4n) is 3.12. The van der Waals surface area contributed by atoms with Gasteiger partial charge in [0.25, 0.3) is 5.91 Å². The van der Waals surface area contributed by atoms with Gasteiger partial charge in [-0.1, -0.05) is 24.1 Å². The fourth-order valence-corrected chi connectivity index (χ4v) is 4.79. The van der Waals surface area contributed by atoms with E-state index >= 15 is 0 Å². The number of sulfone groups is 1. The molecular weight excluding hydrogens is 374 g/mol. The van der Waals surface area contributed by atoms with E-state index < -0.39 is 15.7 Å². The highest BCUT2D eigenvalue weighted by molar-refractivity contribution is 7.91. The summed E-state index contributed by atoms with van der Waals surface area (Å²) >= 11 is 0. The molecule has 6 heteroatoms.